The number of carbonyl (C=O) groups is 1. The van der Waals surface area contributed by atoms with E-state index in [1.807, 2.05) is 6.07 Å². The fourth-order valence-corrected chi connectivity index (χ4v) is 4.38. The molecule has 0 bridgehead atoms. The number of hydrogen-bond acceptors (Lipinski definition) is 4. The molecular formula is C25H43NO4. The Bertz CT molecular complexity index is 620. The lowest BCUT2D eigenvalue weighted by atomic mass is 9.63. The van der Waals surface area contributed by atoms with E-state index in [0.717, 1.165) is 50.0 Å². The SMILES string of the molecule is COCCCOc1cc(CC(CCCCCC(N)=O)(C(C)C)C(C)C)ccc1OC. The van der Waals surface area contributed by atoms with Gasteiger partial charge in [-0.25, -0.2) is 0 Å². The molecule has 1 rings (SSSR count). The molecule has 0 aliphatic rings. The van der Waals surface area contributed by atoms with Crippen LogP contribution in [0.3, 0.4) is 0 Å². The average Bonchev–Trinajstić information content (AvgIpc) is 2.69. The second-order valence-corrected chi connectivity index (χ2v) is 8.93. The average molecular weight is 422 g/mol. The molecule has 0 atom stereocenters. The normalized spacial score (nSPS) is 11.9. The molecule has 1 amide bonds. The van der Waals surface area contributed by atoms with E-state index < -0.39 is 0 Å². The lowest BCUT2D eigenvalue weighted by molar-refractivity contribution is -0.118. The number of ether oxygens (including phenoxy) is 3. The summed E-state index contributed by atoms with van der Waals surface area (Å²) in [6.07, 6.45) is 6.49. The van der Waals surface area contributed by atoms with Gasteiger partial charge in [0.1, 0.15) is 0 Å². The van der Waals surface area contributed by atoms with Crippen LogP contribution in [0.5, 0.6) is 11.5 Å². The van der Waals surface area contributed by atoms with Gasteiger partial charge in [0.15, 0.2) is 11.5 Å². The summed E-state index contributed by atoms with van der Waals surface area (Å²) in [7, 11) is 3.38. The number of carbonyl (C=O) groups excluding carboxylic acids is 1. The molecule has 0 unspecified atom stereocenters. The number of unbranched alkanes of at least 4 members (excludes halogenated alkanes) is 2. The Balaban J connectivity index is 2.94. The van der Waals surface area contributed by atoms with Crippen molar-refractivity contribution in [1.29, 1.82) is 0 Å². The molecule has 5 nitrogen and oxygen atoms in total. The Morgan fingerprint density at radius 1 is 0.967 bits per heavy atom. The highest BCUT2D eigenvalue weighted by Gasteiger charge is 2.36. The van der Waals surface area contributed by atoms with Gasteiger partial charge in [0, 0.05) is 26.6 Å². The molecule has 172 valence electrons. The Morgan fingerprint density at radius 2 is 1.67 bits per heavy atom. The first-order valence-corrected chi connectivity index (χ1v) is 11.3. The molecule has 0 saturated heterocycles. The quantitative estimate of drug-likeness (QED) is 0.363. The molecule has 0 radical (unpaired) electrons. The van der Waals surface area contributed by atoms with Crippen molar-refractivity contribution in [3.63, 3.8) is 0 Å². The molecule has 0 saturated carbocycles. The van der Waals surface area contributed by atoms with E-state index >= 15 is 0 Å². The predicted molar refractivity (Wildman–Crippen MR) is 123 cm³/mol. The number of methoxy groups -OCH3 is 2. The summed E-state index contributed by atoms with van der Waals surface area (Å²) in [6.45, 7) is 10.6. The Labute approximate surface area is 183 Å². The third kappa shape index (κ3) is 8.17. The van der Waals surface area contributed by atoms with E-state index in [4.69, 9.17) is 19.9 Å². The summed E-state index contributed by atoms with van der Waals surface area (Å²) in [6, 6.07) is 6.31. The number of nitrogens with two attached hydrogens (primary N) is 1. The van der Waals surface area contributed by atoms with Gasteiger partial charge in [-0.15, -0.1) is 0 Å². The molecule has 1 aromatic carbocycles. The van der Waals surface area contributed by atoms with Crippen molar-refractivity contribution in [2.75, 3.05) is 27.4 Å². The highest BCUT2D eigenvalue weighted by molar-refractivity contribution is 5.73. The van der Waals surface area contributed by atoms with Gasteiger partial charge < -0.3 is 19.9 Å². The summed E-state index contributed by atoms with van der Waals surface area (Å²) in [5, 5.41) is 0. The molecule has 2 N–H and O–H groups in total. The van der Waals surface area contributed by atoms with Gasteiger partial charge in [-0.05, 0) is 54.2 Å². The minimum atomic E-state index is -0.203. The van der Waals surface area contributed by atoms with Crippen LogP contribution in [0.4, 0.5) is 0 Å². The van der Waals surface area contributed by atoms with Crippen LogP contribution in [0, 0.1) is 17.3 Å². The van der Waals surface area contributed by atoms with Gasteiger partial charge in [-0.1, -0.05) is 46.6 Å². The van der Waals surface area contributed by atoms with E-state index in [2.05, 4.69) is 39.8 Å². The highest BCUT2D eigenvalue weighted by Crippen LogP contribution is 2.44. The smallest absolute Gasteiger partial charge is 0.217 e. The Morgan fingerprint density at radius 3 is 2.23 bits per heavy atom. The van der Waals surface area contributed by atoms with Gasteiger partial charge in [-0.2, -0.15) is 0 Å². The van der Waals surface area contributed by atoms with Crippen molar-refractivity contribution in [3.8, 4) is 11.5 Å². The van der Waals surface area contributed by atoms with Crippen molar-refractivity contribution in [2.24, 2.45) is 23.0 Å². The van der Waals surface area contributed by atoms with Gasteiger partial charge in [-0.3, -0.25) is 4.79 Å². The highest BCUT2D eigenvalue weighted by atomic mass is 16.5. The second kappa shape index (κ2) is 13.5. The van der Waals surface area contributed by atoms with E-state index in [0.29, 0.717) is 31.5 Å². The van der Waals surface area contributed by atoms with Crippen molar-refractivity contribution < 1.29 is 19.0 Å². The summed E-state index contributed by atoms with van der Waals surface area (Å²) < 4.78 is 16.6. The minimum absolute atomic E-state index is 0.189. The van der Waals surface area contributed by atoms with Gasteiger partial charge >= 0.3 is 0 Å². The molecular weight excluding hydrogens is 378 g/mol. The van der Waals surface area contributed by atoms with E-state index in [-0.39, 0.29) is 11.3 Å². The summed E-state index contributed by atoms with van der Waals surface area (Å²) in [5.41, 5.74) is 6.74. The van der Waals surface area contributed by atoms with Crippen LogP contribution in [0.15, 0.2) is 18.2 Å². The molecule has 0 spiro atoms. The van der Waals surface area contributed by atoms with Crippen LogP contribution >= 0.6 is 0 Å². The standard InChI is InChI=1S/C25H43NO4/c1-19(2)25(20(3)4,14-9-7-8-11-24(26)27)18-21-12-13-22(29-6)23(17-21)30-16-10-15-28-5/h12-13,17,19-20H,7-11,14-16,18H2,1-6H3,(H2,26,27). The molecule has 30 heavy (non-hydrogen) atoms. The van der Waals surface area contributed by atoms with Gasteiger partial charge in [0.2, 0.25) is 5.91 Å². The van der Waals surface area contributed by atoms with Gasteiger partial charge in [0.25, 0.3) is 0 Å². The van der Waals surface area contributed by atoms with Crippen LogP contribution in [0.2, 0.25) is 0 Å². The first kappa shape index (κ1) is 26.3. The van der Waals surface area contributed by atoms with Crippen molar-refractivity contribution in [1.82, 2.24) is 0 Å². The van der Waals surface area contributed by atoms with Crippen LogP contribution < -0.4 is 15.2 Å². The van der Waals surface area contributed by atoms with Crippen LogP contribution in [0.25, 0.3) is 0 Å². The molecule has 0 fully saturated rings. The third-order valence-electron chi connectivity index (χ3n) is 6.38. The zero-order valence-corrected chi connectivity index (χ0v) is 20.0. The van der Waals surface area contributed by atoms with Crippen LogP contribution in [-0.4, -0.2) is 33.3 Å². The Kier molecular flexibility index (Phi) is 11.9. The second-order valence-electron chi connectivity index (χ2n) is 8.93. The first-order chi connectivity index (χ1) is 14.3. The molecule has 0 aliphatic heterocycles. The lowest BCUT2D eigenvalue weighted by Crippen LogP contribution is -2.35. The van der Waals surface area contributed by atoms with Crippen LogP contribution in [-0.2, 0) is 16.0 Å². The fraction of sp³-hybridized carbons (Fsp3) is 0.720. The maximum Gasteiger partial charge on any atom is 0.217 e. The zero-order chi connectivity index (χ0) is 22.6. The molecule has 0 aliphatic carbocycles. The maximum absolute atomic E-state index is 11.0. The number of amides is 1. The summed E-state index contributed by atoms with van der Waals surface area (Å²) in [5.74, 6) is 2.45. The maximum atomic E-state index is 11.0. The summed E-state index contributed by atoms with van der Waals surface area (Å²) in [4.78, 5) is 11.0. The molecule has 0 heterocycles. The minimum Gasteiger partial charge on any atom is -0.493 e. The molecule has 5 heteroatoms. The largest absolute Gasteiger partial charge is 0.493 e. The van der Waals surface area contributed by atoms with Crippen molar-refractivity contribution in [3.05, 3.63) is 23.8 Å². The van der Waals surface area contributed by atoms with Gasteiger partial charge in [0.05, 0.1) is 13.7 Å². The molecule has 1 aromatic rings. The molecule has 0 aromatic heterocycles. The third-order valence-corrected chi connectivity index (χ3v) is 6.38. The number of primary amides is 1. The monoisotopic (exact) mass is 421 g/mol. The predicted octanol–water partition coefficient (Wildman–Crippen LogP) is 5.39. The van der Waals surface area contributed by atoms with Crippen molar-refractivity contribution >= 4 is 5.91 Å². The number of benzene rings is 1. The van der Waals surface area contributed by atoms with E-state index in [9.17, 15) is 4.79 Å². The number of rotatable bonds is 16. The van der Waals surface area contributed by atoms with Crippen LogP contribution in [0.1, 0.15) is 71.8 Å². The van der Waals surface area contributed by atoms with E-state index in [1.165, 1.54) is 5.56 Å². The number of hydrogen-bond donors (Lipinski definition) is 1. The Hall–Kier alpha value is -1.75. The lowest BCUT2D eigenvalue weighted by Gasteiger charge is -2.42. The zero-order valence-electron chi connectivity index (χ0n) is 20.0. The van der Waals surface area contributed by atoms with Crippen molar-refractivity contribution in [2.45, 2.75) is 72.6 Å². The first-order valence-electron chi connectivity index (χ1n) is 11.3. The summed E-state index contributed by atoms with van der Waals surface area (Å²) >= 11 is 0. The van der Waals surface area contributed by atoms with E-state index in [1.54, 1.807) is 14.2 Å². The topological polar surface area (TPSA) is 70.8 Å². The fourth-order valence-electron chi connectivity index (χ4n) is 4.38.